The molecule has 2 aromatic rings. The number of hydrogen-bond acceptors (Lipinski definition) is 6. The van der Waals surface area contributed by atoms with Crippen LogP contribution in [0.5, 0.6) is 5.75 Å². The van der Waals surface area contributed by atoms with Gasteiger partial charge in [0.15, 0.2) is 6.29 Å². The van der Waals surface area contributed by atoms with Crippen molar-refractivity contribution < 1.29 is 19.1 Å². The Labute approximate surface area is 235 Å². The molecule has 3 rings (SSSR count). The van der Waals surface area contributed by atoms with Gasteiger partial charge in [0.25, 0.3) is 0 Å². The van der Waals surface area contributed by atoms with Crippen LogP contribution >= 0.6 is 0 Å². The van der Waals surface area contributed by atoms with Gasteiger partial charge in [-0.25, -0.2) is 10.3 Å². The van der Waals surface area contributed by atoms with Crippen LogP contribution in [0.3, 0.4) is 0 Å². The highest BCUT2D eigenvalue weighted by Gasteiger charge is 2.15. The van der Waals surface area contributed by atoms with Crippen molar-refractivity contribution in [1.29, 1.82) is 0 Å². The highest BCUT2D eigenvalue weighted by Crippen LogP contribution is 2.25. The number of allylic oxidation sites excluding steroid dienone is 1. The van der Waals surface area contributed by atoms with E-state index < -0.39 is 0 Å². The topological polar surface area (TPSA) is 72.1 Å². The molecular formula is C32H49N3O4. The first-order chi connectivity index (χ1) is 18.9. The third-order valence-electron chi connectivity index (χ3n) is 7.12. The molecule has 7 nitrogen and oxygen atoms in total. The van der Waals surface area contributed by atoms with Gasteiger partial charge >= 0.3 is 0 Å². The molecule has 0 aromatic heterocycles. The Bertz CT molecular complexity index is 1000. The third-order valence-corrected chi connectivity index (χ3v) is 7.12. The summed E-state index contributed by atoms with van der Waals surface area (Å²) in [6, 6.07) is 15.5. The summed E-state index contributed by atoms with van der Waals surface area (Å²) in [5.41, 5.74) is 3.78. The summed E-state index contributed by atoms with van der Waals surface area (Å²) in [5.74, 6) is 0.817. The zero-order valence-corrected chi connectivity index (χ0v) is 24.4. The molecule has 7 heteroatoms. The number of nitrogens with one attached hydrogen (secondary N) is 2. The highest BCUT2D eigenvalue weighted by atomic mass is 16.8. The predicted octanol–water partition coefficient (Wildman–Crippen LogP) is 5.99. The standard InChI is InChI=1S/C32H49N3O4/c1-25(2)35(26(3)4)21-20-33-23-27(24-38-30-17-12-15-28-14-8-9-16-29(28)30)13-6-5-7-18-31(36)34-39-32-19-10-11-22-37-32/h8-9,12-17,25-26,32-33H,5-7,10-11,18-24H2,1-4H3,(H,34,36)/b27-13+. The molecule has 39 heavy (non-hydrogen) atoms. The van der Waals surface area contributed by atoms with Crippen LogP contribution in [0, 0.1) is 0 Å². The Hall–Kier alpha value is -2.45. The minimum Gasteiger partial charge on any atom is -0.489 e. The largest absolute Gasteiger partial charge is 0.489 e. The fourth-order valence-corrected chi connectivity index (χ4v) is 4.97. The van der Waals surface area contributed by atoms with Gasteiger partial charge in [-0.15, -0.1) is 0 Å². The zero-order valence-electron chi connectivity index (χ0n) is 24.4. The quantitative estimate of drug-likeness (QED) is 0.146. The van der Waals surface area contributed by atoms with E-state index in [0.717, 1.165) is 69.3 Å². The van der Waals surface area contributed by atoms with Gasteiger partial charge < -0.3 is 14.8 Å². The summed E-state index contributed by atoms with van der Waals surface area (Å²) in [7, 11) is 0. The molecule has 1 unspecified atom stereocenters. The van der Waals surface area contributed by atoms with Crippen molar-refractivity contribution in [3.05, 3.63) is 54.1 Å². The lowest BCUT2D eigenvalue weighted by Gasteiger charge is -2.30. The first-order valence-corrected chi connectivity index (χ1v) is 14.7. The van der Waals surface area contributed by atoms with Crippen molar-refractivity contribution in [3.63, 3.8) is 0 Å². The molecule has 0 saturated carbocycles. The summed E-state index contributed by atoms with van der Waals surface area (Å²) in [6.07, 6.45) is 8.00. The van der Waals surface area contributed by atoms with Crippen molar-refractivity contribution in [1.82, 2.24) is 15.7 Å². The smallest absolute Gasteiger partial charge is 0.243 e. The number of amides is 1. The van der Waals surface area contributed by atoms with Gasteiger partial charge in [-0.1, -0.05) is 42.5 Å². The van der Waals surface area contributed by atoms with E-state index in [0.29, 0.717) is 31.7 Å². The molecule has 0 radical (unpaired) electrons. The normalized spacial score (nSPS) is 16.4. The van der Waals surface area contributed by atoms with Crippen LogP contribution in [0.15, 0.2) is 54.1 Å². The van der Waals surface area contributed by atoms with Gasteiger partial charge in [0.2, 0.25) is 5.91 Å². The Morgan fingerprint density at radius 3 is 2.64 bits per heavy atom. The molecule has 1 saturated heterocycles. The van der Waals surface area contributed by atoms with Crippen LogP contribution < -0.4 is 15.5 Å². The predicted molar refractivity (Wildman–Crippen MR) is 159 cm³/mol. The maximum absolute atomic E-state index is 12.1. The molecule has 0 aliphatic carbocycles. The summed E-state index contributed by atoms with van der Waals surface area (Å²) in [6.45, 7) is 12.9. The van der Waals surface area contributed by atoms with Gasteiger partial charge in [-0.3, -0.25) is 9.69 Å². The Morgan fingerprint density at radius 2 is 1.87 bits per heavy atom. The summed E-state index contributed by atoms with van der Waals surface area (Å²) >= 11 is 0. The lowest BCUT2D eigenvalue weighted by atomic mass is 10.1. The molecule has 1 fully saturated rings. The number of carbonyl (C=O) groups excluding carboxylic acids is 1. The number of nitrogens with zero attached hydrogens (tertiary/aromatic N) is 1. The second-order valence-corrected chi connectivity index (χ2v) is 10.9. The van der Waals surface area contributed by atoms with E-state index in [1.807, 2.05) is 18.2 Å². The highest BCUT2D eigenvalue weighted by molar-refractivity contribution is 5.88. The number of carbonyl (C=O) groups is 1. The van der Waals surface area contributed by atoms with E-state index in [9.17, 15) is 4.79 Å². The van der Waals surface area contributed by atoms with Gasteiger partial charge in [0.05, 0.1) is 0 Å². The molecule has 1 amide bonds. The molecule has 2 aromatic carbocycles. The molecule has 1 aliphatic rings. The van der Waals surface area contributed by atoms with Crippen LogP contribution in [0.25, 0.3) is 10.8 Å². The van der Waals surface area contributed by atoms with Crippen molar-refractivity contribution >= 4 is 16.7 Å². The Morgan fingerprint density at radius 1 is 1.08 bits per heavy atom. The first kappa shape index (κ1) is 31.1. The van der Waals surface area contributed by atoms with Crippen LogP contribution in [-0.2, 0) is 14.4 Å². The first-order valence-electron chi connectivity index (χ1n) is 14.7. The number of ether oxygens (including phenoxy) is 2. The van der Waals surface area contributed by atoms with E-state index in [1.165, 1.54) is 11.0 Å². The number of fused-ring (bicyclic) bond motifs is 1. The fourth-order valence-electron chi connectivity index (χ4n) is 4.97. The van der Waals surface area contributed by atoms with Gasteiger partial charge in [-0.05, 0) is 76.8 Å². The Kier molecular flexibility index (Phi) is 13.8. The molecule has 2 N–H and O–H groups in total. The maximum atomic E-state index is 12.1. The average molecular weight is 540 g/mol. The second-order valence-electron chi connectivity index (χ2n) is 10.9. The van der Waals surface area contributed by atoms with E-state index in [-0.39, 0.29) is 12.2 Å². The van der Waals surface area contributed by atoms with E-state index in [1.54, 1.807) is 0 Å². The zero-order chi connectivity index (χ0) is 27.9. The molecule has 0 bridgehead atoms. The van der Waals surface area contributed by atoms with Gasteiger partial charge in [0.1, 0.15) is 12.4 Å². The minimum atomic E-state index is -0.310. The number of benzene rings is 2. The molecular weight excluding hydrogens is 490 g/mol. The van der Waals surface area contributed by atoms with Crippen LogP contribution in [-0.4, -0.2) is 62.0 Å². The molecule has 1 heterocycles. The number of unbranched alkanes of at least 4 members (excludes halogenated alkanes) is 2. The molecule has 1 atom stereocenters. The monoisotopic (exact) mass is 539 g/mol. The molecule has 0 spiro atoms. The SMILES string of the molecule is CC(C)N(CCNC/C(=C\CCCCC(=O)NOC1CCCCO1)COc1cccc2ccccc12)C(C)C. The van der Waals surface area contributed by atoms with Crippen molar-refractivity contribution in [3.8, 4) is 5.75 Å². The van der Waals surface area contributed by atoms with E-state index >= 15 is 0 Å². The summed E-state index contributed by atoms with van der Waals surface area (Å²) in [4.78, 5) is 20.0. The van der Waals surface area contributed by atoms with Gasteiger partial charge in [0, 0.05) is 56.6 Å². The van der Waals surface area contributed by atoms with Crippen LogP contribution in [0.2, 0.25) is 0 Å². The average Bonchev–Trinajstić information content (AvgIpc) is 2.94. The number of hydrogen-bond donors (Lipinski definition) is 2. The molecule has 216 valence electrons. The third kappa shape index (κ3) is 11.3. The minimum absolute atomic E-state index is 0.0887. The molecule has 1 aliphatic heterocycles. The summed E-state index contributed by atoms with van der Waals surface area (Å²) in [5, 5.41) is 5.93. The lowest BCUT2D eigenvalue weighted by Crippen LogP contribution is -2.41. The van der Waals surface area contributed by atoms with Crippen molar-refractivity contribution in [2.45, 2.75) is 91.0 Å². The summed E-state index contributed by atoms with van der Waals surface area (Å²) < 4.78 is 11.8. The number of rotatable bonds is 17. The van der Waals surface area contributed by atoms with Crippen LogP contribution in [0.1, 0.15) is 72.6 Å². The second kappa shape index (κ2) is 17.3. The lowest BCUT2D eigenvalue weighted by molar-refractivity contribution is -0.200. The number of hydroxylamine groups is 1. The van der Waals surface area contributed by atoms with Crippen molar-refractivity contribution in [2.24, 2.45) is 0 Å². The fraction of sp³-hybridized carbons (Fsp3) is 0.594. The van der Waals surface area contributed by atoms with Crippen molar-refractivity contribution in [2.75, 3.05) is 32.8 Å². The van der Waals surface area contributed by atoms with Crippen LogP contribution in [0.4, 0.5) is 0 Å². The van der Waals surface area contributed by atoms with Gasteiger partial charge in [-0.2, -0.15) is 0 Å². The van der Waals surface area contributed by atoms with E-state index in [4.69, 9.17) is 14.3 Å². The maximum Gasteiger partial charge on any atom is 0.243 e. The Balaban J connectivity index is 1.47. The van der Waals surface area contributed by atoms with E-state index in [2.05, 4.69) is 73.7 Å².